The lowest BCUT2D eigenvalue weighted by molar-refractivity contribution is -0.139. The highest BCUT2D eigenvalue weighted by Gasteiger charge is 2.30. The van der Waals surface area contributed by atoms with Crippen LogP contribution in [0.4, 0.5) is 0 Å². The maximum Gasteiger partial charge on any atom is 0.243 e. The van der Waals surface area contributed by atoms with E-state index in [2.05, 4.69) is 50.4 Å². The van der Waals surface area contributed by atoms with Crippen molar-refractivity contribution in [2.45, 2.75) is 71.8 Å². The quantitative estimate of drug-likeness (QED) is 0.303. The number of carbonyl (C=O) groups is 2. The van der Waals surface area contributed by atoms with Crippen molar-refractivity contribution in [2.75, 3.05) is 5.75 Å². The van der Waals surface area contributed by atoms with Gasteiger partial charge in [-0.25, -0.2) is 0 Å². The molecule has 0 heterocycles. The molecule has 0 spiro atoms. The largest absolute Gasteiger partial charge is 0.352 e. The van der Waals surface area contributed by atoms with Crippen molar-refractivity contribution in [1.82, 2.24) is 10.2 Å². The molecule has 2 unspecified atom stereocenters. The van der Waals surface area contributed by atoms with E-state index in [1.807, 2.05) is 62.4 Å². The first-order valence-electron chi connectivity index (χ1n) is 13.1. The summed E-state index contributed by atoms with van der Waals surface area (Å²) in [4.78, 5) is 29.1. The van der Waals surface area contributed by atoms with Crippen LogP contribution in [0.5, 0.6) is 0 Å². The van der Waals surface area contributed by atoms with Crippen molar-refractivity contribution in [2.24, 2.45) is 0 Å². The molecular formula is C32H40N2O2S. The molecule has 0 saturated carbocycles. The van der Waals surface area contributed by atoms with Gasteiger partial charge < -0.3 is 10.2 Å². The Kier molecular flexibility index (Phi) is 10.8. The van der Waals surface area contributed by atoms with Gasteiger partial charge >= 0.3 is 0 Å². The van der Waals surface area contributed by atoms with Crippen LogP contribution in [0.15, 0.2) is 72.8 Å². The van der Waals surface area contributed by atoms with Gasteiger partial charge in [0, 0.05) is 24.8 Å². The van der Waals surface area contributed by atoms with Gasteiger partial charge in [0.05, 0.1) is 5.75 Å². The highest BCUT2D eigenvalue weighted by molar-refractivity contribution is 7.99. The highest BCUT2D eigenvalue weighted by Crippen LogP contribution is 2.20. The zero-order valence-electron chi connectivity index (χ0n) is 22.8. The average molecular weight is 517 g/mol. The lowest BCUT2D eigenvalue weighted by atomic mass is 10.0. The smallest absolute Gasteiger partial charge is 0.243 e. The molecule has 3 rings (SSSR count). The van der Waals surface area contributed by atoms with E-state index in [1.54, 1.807) is 16.7 Å². The van der Waals surface area contributed by atoms with Crippen LogP contribution in [-0.4, -0.2) is 34.6 Å². The highest BCUT2D eigenvalue weighted by atomic mass is 32.2. The summed E-state index contributed by atoms with van der Waals surface area (Å²) in [5.41, 5.74) is 6.88. The number of nitrogens with zero attached hydrogens (tertiary/aromatic N) is 1. The summed E-state index contributed by atoms with van der Waals surface area (Å²) >= 11 is 1.60. The molecule has 37 heavy (non-hydrogen) atoms. The summed E-state index contributed by atoms with van der Waals surface area (Å²) in [6.45, 7) is 10.7. The number of amides is 2. The molecule has 0 aliphatic heterocycles. The molecule has 0 fully saturated rings. The second-order valence-electron chi connectivity index (χ2n) is 10.0. The average Bonchev–Trinajstić information content (AvgIpc) is 2.86. The van der Waals surface area contributed by atoms with Gasteiger partial charge in [0.25, 0.3) is 0 Å². The first kappa shape index (κ1) is 28.5. The van der Waals surface area contributed by atoms with Crippen LogP contribution in [0, 0.1) is 20.8 Å². The third kappa shape index (κ3) is 9.08. The Morgan fingerprint density at radius 3 is 2.14 bits per heavy atom. The molecule has 4 nitrogen and oxygen atoms in total. The molecule has 0 radical (unpaired) electrons. The Labute approximate surface area is 226 Å². The van der Waals surface area contributed by atoms with E-state index in [0.29, 0.717) is 18.7 Å². The van der Waals surface area contributed by atoms with Gasteiger partial charge in [0.2, 0.25) is 11.8 Å². The molecule has 0 aromatic heterocycles. The first-order chi connectivity index (χ1) is 17.7. The molecule has 0 saturated heterocycles. The zero-order valence-corrected chi connectivity index (χ0v) is 23.6. The fraction of sp³-hybridized carbons (Fsp3) is 0.375. The van der Waals surface area contributed by atoms with Crippen LogP contribution in [0.2, 0.25) is 0 Å². The van der Waals surface area contributed by atoms with Gasteiger partial charge in [-0.1, -0.05) is 96.4 Å². The number of benzene rings is 3. The van der Waals surface area contributed by atoms with Crippen molar-refractivity contribution >= 4 is 23.6 Å². The van der Waals surface area contributed by atoms with E-state index in [1.165, 1.54) is 16.7 Å². The minimum absolute atomic E-state index is 0.0175. The van der Waals surface area contributed by atoms with Crippen LogP contribution < -0.4 is 5.32 Å². The van der Waals surface area contributed by atoms with E-state index in [0.717, 1.165) is 28.9 Å². The summed E-state index contributed by atoms with van der Waals surface area (Å²) < 4.78 is 0. The van der Waals surface area contributed by atoms with Crippen molar-refractivity contribution in [3.63, 3.8) is 0 Å². The Balaban J connectivity index is 1.86. The summed E-state index contributed by atoms with van der Waals surface area (Å²) in [5, 5.41) is 3.14. The summed E-state index contributed by atoms with van der Waals surface area (Å²) in [7, 11) is 0. The van der Waals surface area contributed by atoms with E-state index in [-0.39, 0.29) is 17.9 Å². The predicted molar refractivity (Wildman–Crippen MR) is 156 cm³/mol. The van der Waals surface area contributed by atoms with E-state index >= 15 is 0 Å². The topological polar surface area (TPSA) is 49.4 Å². The number of rotatable bonds is 12. The van der Waals surface area contributed by atoms with E-state index < -0.39 is 6.04 Å². The lowest BCUT2D eigenvalue weighted by Crippen LogP contribution is -2.52. The fourth-order valence-electron chi connectivity index (χ4n) is 4.49. The van der Waals surface area contributed by atoms with Gasteiger partial charge in [-0.3, -0.25) is 9.59 Å². The third-order valence-corrected chi connectivity index (χ3v) is 7.47. The van der Waals surface area contributed by atoms with Crippen molar-refractivity contribution in [3.8, 4) is 0 Å². The number of nitrogens with one attached hydrogen (secondary N) is 1. The van der Waals surface area contributed by atoms with Crippen LogP contribution in [0.1, 0.15) is 53.6 Å². The van der Waals surface area contributed by atoms with Gasteiger partial charge in [-0.15, -0.1) is 11.8 Å². The Bertz CT molecular complexity index is 1160. The summed E-state index contributed by atoms with van der Waals surface area (Å²) in [6.07, 6.45) is 1.31. The molecule has 0 aliphatic rings. The Morgan fingerprint density at radius 2 is 1.49 bits per heavy atom. The number of carbonyl (C=O) groups excluding carboxylic acids is 2. The second-order valence-corrected chi connectivity index (χ2v) is 11.0. The third-order valence-electron chi connectivity index (χ3n) is 6.48. The summed E-state index contributed by atoms with van der Waals surface area (Å²) in [6, 6.07) is 24.1. The molecule has 2 amide bonds. The van der Waals surface area contributed by atoms with Crippen LogP contribution in [0.3, 0.4) is 0 Å². The molecule has 0 bridgehead atoms. The van der Waals surface area contributed by atoms with E-state index in [4.69, 9.17) is 0 Å². The van der Waals surface area contributed by atoms with Crippen LogP contribution >= 0.6 is 11.8 Å². The molecule has 5 heteroatoms. The Morgan fingerprint density at radius 1 is 0.838 bits per heavy atom. The van der Waals surface area contributed by atoms with Gasteiger partial charge in [-0.2, -0.15) is 0 Å². The molecular weight excluding hydrogens is 476 g/mol. The van der Waals surface area contributed by atoms with E-state index in [9.17, 15) is 9.59 Å². The molecule has 2 atom stereocenters. The minimum Gasteiger partial charge on any atom is -0.352 e. The van der Waals surface area contributed by atoms with Crippen molar-refractivity contribution in [3.05, 3.63) is 106 Å². The van der Waals surface area contributed by atoms with Crippen LogP contribution in [-0.2, 0) is 28.3 Å². The summed E-state index contributed by atoms with van der Waals surface area (Å²) in [5.74, 6) is 0.963. The lowest BCUT2D eigenvalue weighted by Gasteiger charge is -2.32. The predicted octanol–water partition coefficient (Wildman–Crippen LogP) is 6.40. The molecule has 196 valence electrons. The van der Waals surface area contributed by atoms with Gasteiger partial charge in [0.1, 0.15) is 6.04 Å². The first-order valence-corrected chi connectivity index (χ1v) is 14.2. The second kappa shape index (κ2) is 14.0. The van der Waals surface area contributed by atoms with Crippen molar-refractivity contribution in [1.29, 1.82) is 0 Å². The number of aryl methyl sites for hydroxylation is 3. The standard InChI is InChI=1S/C32H40N2O2S/c1-6-26(5)33-32(36)30(19-27-12-8-7-9-13-27)34(20-28-14-10-11-23(2)16-28)31(35)22-37-21-29-17-24(3)15-25(4)18-29/h7-18,26,30H,6,19-22H2,1-5H3,(H,33,36). The molecule has 1 N–H and O–H groups in total. The zero-order chi connectivity index (χ0) is 26.8. The molecule has 0 aliphatic carbocycles. The maximum atomic E-state index is 13.8. The van der Waals surface area contributed by atoms with Crippen molar-refractivity contribution < 1.29 is 9.59 Å². The number of hydrogen-bond acceptors (Lipinski definition) is 3. The molecule has 3 aromatic rings. The number of hydrogen-bond donors (Lipinski definition) is 1. The van der Waals surface area contributed by atoms with Gasteiger partial charge in [0.15, 0.2) is 0 Å². The fourth-order valence-corrected chi connectivity index (χ4v) is 5.34. The minimum atomic E-state index is -0.591. The van der Waals surface area contributed by atoms with Crippen LogP contribution in [0.25, 0.3) is 0 Å². The van der Waals surface area contributed by atoms with Gasteiger partial charge in [-0.05, 0) is 50.8 Å². The number of thioether (sulfide) groups is 1. The molecule has 3 aromatic carbocycles. The Hall–Kier alpha value is -3.05. The SMILES string of the molecule is CCC(C)NC(=O)C(Cc1ccccc1)N(Cc1cccc(C)c1)C(=O)CSCc1cc(C)cc(C)c1. The normalized spacial score (nSPS) is 12.6. The monoisotopic (exact) mass is 516 g/mol. The maximum absolute atomic E-state index is 13.8.